The number of cyclic esters (lactones) is 1. The quantitative estimate of drug-likeness (QED) is 0.442. The molecule has 0 bridgehead atoms. The molecule has 0 aromatic carbocycles. The molecule has 0 amide bonds. The van der Waals surface area contributed by atoms with Crippen LogP contribution in [0.3, 0.4) is 0 Å². The zero-order valence-electron chi connectivity index (χ0n) is 6.66. The van der Waals surface area contributed by atoms with Gasteiger partial charge >= 0.3 is 11.9 Å². The van der Waals surface area contributed by atoms with Crippen LogP contribution in [0.5, 0.6) is 0 Å². The summed E-state index contributed by atoms with van der Waals surface area (Å²) in [6.07, 6.45) is -0.758. The number of methoxy groups -OCH3 is 1. The van der Waals surface area contributed by atoms with Gasteiger partial charge in [0.05, 0.1) is 7.11 Å². The lowest BCUT2D eigenvalue weighted by Crippen LogP contribution is -2.12. The summed E-state index contributed by atoms with van der Waals surface area (Å²) in [5.74, 6) is -2.08. The largest absolute Gasteiger partial charge is 0.507 e. The molecule has 0 aliphatic carbocycles. The number of hydrogen-bond acceptors (Lipinski definition) is 5. The summed E-state index contributed by atoms with van der Waals surface area (Å²) in [5, 5.41) is 9.16. The molecule has 66 valence electrons. The zero-order chi connectivity index (χ0) is 9.30. The Hall–Kier alpha value is -1.52. The maximum absolute atomic E-state index is 10.9. The summed E-state index contributed by atoms with van der Waals surface area (Å²) < 4.78 is 8.81. The van der Waals surface area contributed by atoms with Gasteiger partial charge in [-0.25, -0.2) is 9.59 Å². The van der Waals surface area contributed by atoms with Gasteiger partial charge < -0.3 is 14.6 Å². The van der Waals surface area contributed by atoms with Crippen LogP contribution in [0.2, 0.25) is 0 Å². The normalized spacial score (nSPS) is 22.5. The molecule has 1 N–H and O–H groups in total. The topological polar surface area (TPSA) is 72.8 Å². The minimum Gasteiger partial charge on any atom is -0.507 e. The first-order valence-electron chi connectivity index (χ1n) is 3.30. The van der Waals surface area contributed by atoms with Crippen molar-refractivity contribution in [3.05, 3.63) is 11.3 Å². The Morgan fingerprint density at radius 1 is 1.67 bits per heavy atom. The fourth-order valence-electron chi connectivity index (χ4n) is 0.873. The second-order valence-corrected chi connectivity index (χ2v) is 2.30. The Balaban J connectivity index is 3.00. The van der Waals surface area contributed by atoms with E-state index < -0.39 is 23.6 Å². The van der Waals surface area contributed by atoms with Gasteiger partial charge in [-0.1, -0.05) is 0 Å². The Bertz CT molecular complexity index is 265. The van der Waals surface area contributed by atoms with Crippen LogP contribution in [0.1, 0.15) is 6.92 Å². The van der Waals surface area contributed by atoms with Crippen LogP contribution < -0.4 is 0 Å². The number of aliphatic hydroxyl groups excluding tert-OH is 1. The average Bonchev–Trinajstić information content (AvgIpc) is 2.26. The molecule has 5 heteroatoms. The maximum Gasteiger partial charge on any atom is 0.349 e. The molecule has 12 heavy (non-hydrogen) atoms. The minimum absolute atomic E-state index is 0.369. The van der Waals surface area contributed by atoms with Crippen molar-refractivity contribution in [2.45, 2.75) is 13.0 Å². The molecule has 0 saturated carbocycles. The van der Waals surface area contributed by atoms with E-state index in [-0.39, 0.29) is 5.76 Å². The van der Waals surface area contributed by atoms with Crippen LogP contribution in [0.15, 0.2) is 11.3 Å². The average molecular weight is 172 g/mol. The van der Waals surface area contributed by atoms with Crippen LogP contribution in [0.25, 0.3) is 0 Å². The lowest BCUT2D eigenvalue weighted by atomic mass is 10.2. The predicted molar refractivity (Wildman–Crippen MR) is 37.2 cm³/mol. The molecule has 0 aromatic heterocycles. The molecule has 1 atom stereocenters. The minimum atomic E-state index is -0.873. The molecule has 0 radical (unpaired) electrons. The van der Waals surface area contributed by atoms with E-state index in [9.17, 15) is 9.59 Å². The highest BCUT2D eigenvalue weighted by Crippen LogP contribution is 2.20. The molecular formula is C7H8O5. The van der Waals surface area contributed by atoms with Crippen molar-refractivity contribution in [1.82, 2.24) is 0 Å². The molecular weight excluding hydrogens is 164 g/mol. The number of aliphatic hydroxyl groups is 1. The van der Waals surface area contributed by atoms with E-state index in [0.29, 0.717) is 0 Å². The number of carbonyl (C=O) groups excluding carboxylic acids is 2. The molecule has 5 nitrogen and oxygen atoms in total. The highest BCUT2D eigenvalue weighted by molar-refractivity contribution is 6.15. The molecule has 0 aromatic rings. The number of ether oxygens (including phenoxy) is 2. The number of hydrogen-bond donors (Lipinski definition) is 1. The highest BCUT2D eigenvalue weighted by Gasteiger charge is 2.36. The van der Waals surface area contributed by atoms with Crippen molar-refractivity contribution in [3.63, 3.8) is 0 Å². The van der Waals surface area contributed by atoms with E-state index in [1.807, 2.05) is 0 Å². The fourth-order valence-corrected chi connectivity index (χ4v) is 0.873. The molecule has 1 unspecified atom stereocenters. The van der Waals surface area contributed by atoms with Crippen LogP contribution in [-0.2, 0) is 19.1 Å². The van der Waals surface area contributed by atoms with Crippen LogP contribution in [0.4, 0.5) is 0 Å². The van der Waals surface area contributed by atoms with E-state index >= 15 is 0 Å². The predicted octanol–water partition coefficient (Wildman–Crippen LogP) is -0.0832. The van der Waals surface area contributed by atoms with E-state index in [4.69, 9.17) is 5.11 Å². The number of esters is 2. The molecule has 1 aliphatic heterocycles. The van der Waals surface area contributed by atoms with E-state index in [2.05, 4.69) is 9.47 Å². The van der Waals surface area contributed by atoms with Gasteiger partial charge in [-0.15, -0.1) is 0 Å². The standard InChI is InChI=1S/C7H8O5/c1-3-5(8)4(6(9)11-2)7(10)12-3/h3,8H,1-2H3. The Labute approximate surface area is 68.6 Å². The second-order valence-electron chi connectivity index (χ2n) is 2.30. The third-order valence-electron chi connectivity index (χ3n) is 1.52. The van der Waals surface area contributed by atoms with Crippen molar-refractivity contribution in [3.8, 4) is 0 Å². The van der Waals surface area contributed by atoms with Gasteiger partial charge in [0.2, 0.25) is 0 Å². The molecule has 1 rings (SSSR count). The summed E-state index contributed by atoms with van der Waals surface area (Å²) >= 11 is 0. The Kier molecular flexibility index (Phi) is 2.03. The van der Waals surface area contributed by atoms with E-state index in [0.717, 1.165) is 7.11 Å². The Morgan fingerprint density at radius 2 is 2.25 bits per heavy atom. The summed E-state index contributed by atoms with van der Waals surface area (Å²) in [6.45, 7) is 1.46. The molecule has 0 saturated heterocycles. The third kappa shape index (κ3) is 1.13. The van der Waals surface area contributed by atoms with Gasteiger partial charge in [0.15, 0.2) is 17.4 Å². The SMILES string of the molecule is COC(=O)C1=C(O)C(C)OC1=O. The lowest BCUT2D eigenvalue weighted by Gasteiger charge is -1.99. The van der Waals surface area contributed by atoms with Crippen molar-refractivity contribution in [2.75, 3.05) is 7.11 Å². The van der Waals surface area contributed by atoms with Crippen LogP contribution >= 0.6 is 0 Å². The Morgan fingerprint density at radius 3 is 2.58 bits per heavy atom. The van der Waals surface area contributed by atoms with Crippen LogP contribution in [-0.4, -0.2) is 30.3 Å². The van der Waals surface area contributed by atoms with Crippen LogP contribution in [0, 0.1) is 0 Å². The monoisotopic (exact) mass is 172 g/mol. The summed E-state index contributed by atoms with van der Waals surface area (Å²) in [7, 11) is 1.12. The molecule has 0 spiro atoms. The van der Waals surface area contributed by atoms with E-state index in [1.54, 1.807) is 0 Å². The first kappa shape index (κ1) is 8.58. The van der Waals surface area contributed by atoms with Gasteiger partial charge in [-0.3, -0.25) is 0 Å². The molecule has 1 aliphatic rings. The zero-order valence-corrected chi connectivity index (χ0v) is 6.66. The summed E-state index contributed by atoms with van der Waals surface area (Å²) in [6, 6.07) is 0. The van der Waals surface area contributed by atoms with Crippen molar-refractivity contribution < 1.29 is 24.2 Å². The fraction of sp³-hybridized carbons (Fsp3) is 0.429. The van der Waals surface area contributed by atoms with Gasteiger partial charge in [0.1, 0.15) is 0 Å². The van der Waals surface area contributed by atoms with Gasteiger partial charge in [-0.05, 0) is 6.92 Å². The first-order valence-corrected chi connectivity index (χ1v) is 3.30. The molecule has 1 heterocycles. The molecule has 0 fully saturated rings. The van der Waals surface area contributed by atoms with Gasteiger partial charge in [0.25, 0.3) is 0 Å². The summed E-state index contributed by atoms with van der Waals surface area (Å²) in [4.78, 5) is 21.7. The van der Waals surface area contributed by atoms with Crippen molar-refractivity contribution in [2.24, 2.45) is 0 Å². The third-order valence-corrected chi connectivity index (χ3v) is 1.52. The maximum atomic E-state index is 10.9. The van der Waals surface area contributed by atoms with Crippen molar-refractivity contribution in [1.29, 1.82) is 0 Å². The number of carbonyl (C=O) groups is 2. The lowest BCUT2D eigenvalue weighted by molar-refractivity contribution is -0.144. The first-order chi connectivity index (χ1) is 5.57. The smallest absolute Gasteiger partial charge is 0.349 e. The highest BCUT2D eigenvalue weighted by atomic mass is 16.6. The van der Waals surface area contributed by atoms with Gasteiger partial charge in [-0.2, -0.15) is 0 Å². The van der Waals surface area contributed by atoms with Gasteiger partial charge in [0, 0.05) is 0 Å². The van der Waals surface area contributed by atoms with E-state index in [1.165, 1.54) is 6.92 Å². The van der Waals surface area contributed by atoms with Crippen molar-refractivity contribution >= 4 is 11.9 Å². The second kappa shape index (κ2) is 2.84. The number of rotatable bonds is 1. The summed E-state index contributed by atoms with van der Waals surface area (Å²) in [5.41, 5.74) is -0.412.